The van der Waals surface area contributed by atoms with E-state index in [2.05, 4.69) is 10.1 Å². The number of nitrogens with one attached hydrogen (secondary N) is 1. The van der Waals surface area contributed by atoms with Crippen LogP contribution >= 0.6 is 0 Å². The molecule has 1 aromatic rings. The van der Waals surface area contributed by atoms with Gasteiger partial charge in [-0.25, -0.2) is 4.79 Å². The molecule has 0 amide bonds. The minimum absolute atomic E-state index is 0.0668. The molecule has 0 radical (unpaired) electrons. The van der Waals surface area contributed by atoms with E-state index >= 15 is 0 Å². The van der Waals surface area contributed by atoms with Gasteiger partial charge in [-0.1, -0.05) is 0 Å². The highest BCUT2D eigenvalue weighted by molar-refractivity contribution is 5.70. The monoisotopic (exact) mass is 265 g/mol. The van der Waals surface area contributed by atoms with Gasteiger partial charge in [0, 0.05) is 24.8 Å². The molecule has 0 spiro atoms. The lowest BCUT2D eigenvalue weighted by Crippen LogP contribution is -2.14. The molecule has 0 saturated carbocycles. The number of hydrogen-bond donors (Lipinski definition) is 1. The zero-order chi connectivity index (χ0) is 13.5. The van der Waals surface area contributed by atoms with Crippen molar-refractivity contribution in [1.82, 2.24) is 0 Å². The molecule has 1 aliphatic rings. The summed E-state index contributed by atoms with van der Waals surface area (Å²) in [4.78, 5) is 10.9. The van der Waals surface area contributed by atoms with Gasteiger partial charge in [0.05, 0.1) is 13.7 Å². The summed E-state index contributed by atoms with van der Waals surface area (Å²) in [5.74, 6) is 0.860. The van der Waals surface area contributed by atoms with E-state index in [1.54, 1.807) is 0 Å². The highest BCUT2D eigenvalue weighted by Gasteiger charge is 2.14. The van der Waals surface area contributed by atoms with Crippen molar-refractivity contribution in [2.75, 3.05) is 38.8 Å². The second-order valence-corrected chi connectivity index (χ2v) is 4.50. The van der Waals surface area contributed by atoms with Gasteiger partial charge >= 0.3 is 5.97 Å². The van der Waals surface area contributed by atoms with Gasteiger partial charge in [0.2, 0.25) is 0 Å². The highest BCUT2D eigenvalue weighted by atomic mass is 16.6. The lowest BCUT2D eigenvalue weighted by atomic mass is 10.1. The Bertz CT molecular complexity index is 398. The number of anilines is 1. The van der Waals surface area contributed by atoms with E-state index in [9.17, 15) is 4.79 Å². The fourth-order valence-electron chi connectivity index (χ4n) is 1.88. The van der Waals surface area contributed by atoms with Crippen molar-refractivity contribution in [1.29, 1.82) is 0 Å². The van der Waals surface area contributed by atoms with Crippen molar-refractivity contribution in [3.05, 3.63) is 24.3 Å². The molecular formula is C14H19NO4. The largest absolute Gasteiger partial charge is 0.482 e. The number of methoxy groups -OCH3 is 1. The van der Waals surface area contributed by atoms with Crippen LogP contribution in [0.1, 0.15) is 6.42 Å². The van der Waals surface area contributed by atoms with E-state index in [-0.39, 0.29) is 12.6 Å². The maximum absolute atomic E-state index is 10.9. The molecule has 0 bridgehead atoms. The summed E-state index contributed by atoms with van der Waals surface area (Å²) in [6.07, 6.45) is 1.12. The Morgan fingerprint density at radius 3 is 2.84 bits per heavy atom. The Hall–Kier alpha value is -1.75. The molecule has 1 heterocycles. The number of rotatable bonds is 6. The van der Waals surface area contributed by atoms with Gasteiger partial charge in [-0.2, -0.15) is 0 Å². The van der Waals surface area contributed by atoms with Crippen molar-refractivity contribution in [3.8, 4) is 5.75 Å². The SMILES string of the molecule is COC(=O)COc1ccc(NCC2CCOC2)cc1. The molecule has 1 fully saturated rings. The molecule has 0 aliphatic carbocycles. The first-order chi connectivity index (χ1) is 9.28. The van der Waals surface area contributed by atoms with Crippen molar-refractivity contribution in [2.45, 2.75) is 6.42 Å². The second-order valence-electron chi connectivity index (χ2n) is 4.50. The van der Waals surface area contributed by atoms with E-state index in [0.29, 0.717) is 11.7 Å². The predicted molar refractivity (Wildman–Crippen MR) is 71.4 cm³/mol. The second kappa shape index (κ2) is 6.99. The molecular weight excluding hydrogens is 246 g/mol. The molecule has 5 heteroatoms. The normalized spacial score (nSPS) is 18.1. The molecule has 1 aromatic carbocycles. The van der Waals surface area contributed by atoms with E-state index in [1.165, 1.54) is 7.11 Å². The third kappa shape index (κ3) is 4.44. The van der Waals surface area contributed by atoms with Crippen LogP contribution in [0.5, 0.6) is 5.75 Å². The zero-order valence-corrected chi connectivity index (χ0v) is 11.1. The van der Waals surface area contributed by atoms with Gasteiger partial charge in [-0.15, -0.1) is 0 Å². The van der Waals surface area contributed by atoms with Crippen molar-refractivity contribution in [3.63, 3.8) is 0 Å². The van der Waals surface area contributed by atoms with E-state index in [1.807, 2.05) is 24.3 Å². The van der Waals surface area contributed by atoms with Crippen LogP contribution in [0.15, 0.2) is 24.3 Å². The summed E-state index contributed by atoms with van der Waals surface area (Å²) in [5.41, 5.74) is 1.04. The van der Waals surface area contributed by atoms with E-state index in [4.69, 9.17) is 9.47 Å². The van der Waals surface area contributed by atoms with Crippen molar-refractivity contribution < 1.29 is 19.0 Å². The summed E-state index contributed by atoms with van der Waals surface area (Å²) < 4.78 is 15.1. The molecule has 104 valence electrons. The summed E-state index contributed by atoms with van der Waals surface area (Å²) in [5, 5.41) is 3.36. The molecule has 5 nitrogen and oxygen atoms in total. The quantitative estimate of drug-likeness (QED) is 0.793. The minimum Gasteiger partial charge on any atom is -0.482 e. The van der Waals surface area contributed by atoms with Crippen LogP contribution in [0.25, 0.3) is 0 Å². The number of esters is 1. The highest BCUT2D eigenvalue weighted by Crippen LogP contribution is 2.18. The Labute approximate surface area is 112 Å². The average molecular weight is 265 g/mol. The van der Waals surface area contributed by atoms with Crippen molar-refractivity contribution in [2.24, 2.45) is 5.92 Å². The molecule has 1 unspecified atom stereocenters. The van der Waals surface area contributed by atoms with Crippen LogP contribution < -0.4 is 10.1 Å². The smallest absolute Gasteiger partial charge is 0.343 e. The third-order valence-corrected chi connectivity index (χ3v) is 3.06. The van der Waals surface area contributed by atoms with Gasteiger partial charge < -0.3 is 19.5 Å². The molecule has 19 heavy (non-hydrogen) atoms. The van der Waals surface area contributed by atoms with Crippen LogP contribution in [-0.4, -0.2) is 39.4 Å². The third-order valence-electron chi connectivity index (χ3n) is 3.06. The summed E-state index contributed by atoms with van der Waals surface area (Å²) in [7, 11) is 1.34. The number of carbonyl (C=O) groups is 1. The number of benzene rings is 1. The first kappa shape index (κ1) is 13.7. The fraction of sp³-hybridized carbons (Fsp3) is 0.500. The van der Waals surface area contributed by atoms with Crippen LogP contribution in [0.4, 0.5) is 5.69 Å². The predicted octanol–water partition coefficient (Wildman–Crippen LogP) is 1.69. The Morgan fingerprint density at radius 2 is 2.21 bits per heavy atom. The molecule has 1 atom stereocenters. The first-order valence-electron chi connectivity index (χ1n) is 6.39. The molecule has 2 rings (SSSR count). The molecule has 1 aliphatic heterocycles. The summed E-state index contributed by atoms with van der Waals surface area (Å²) in [6.45, 7) is 2.56. The van der Waals surface area contributed by atoms with Crippen LogP contribution in [0.3, 0.4) is 0 Å². The maximum Gasteiger partial charge on any atom is 0.343 e. The summed E-state index contributed by atoms with van der Waals surface area (Å²) in [6, 6.07) is 7.53. The number of hydrogen-bond acceptors (Lipinski definition) is 5. The Morgan fingerprint density at radius 1 is 1.42 bits per heavy atom. The van der Waals surface area contributed by atoms with Gasteiger partial charge in [0.25, 0.3) is 0 Å². The van der Waals surface area contributed by atoms with Gasteiger partial charge in [0.1, 0.15) is 5.75 Å². The van der Waals surface area contributed by atoms with Crippen LogP contribution in [0, 0.1) is 5.92 Å². The van der Waals surface area contributed by atoms with E-state index < -0.39 is 0 Å². The van der Waals surface area contributed by atoms with Gasteiger partial charge in [0.15, 0.2) is 6.61 Å². The average Bonchev–Trinajstić information content (AvgIpc) is 2.97. The van der Waals surface area contributed by atoms with Crippen LogP contribution in [0.2, 0.25) is 0 Å². The Balaban J connectivity index is 1.75. The molecule has 1 N–H and O–H groups in total. The Kier molecular flexibility index (Phi) is 5.03. The van der Waals surface area contributed by atoms with E-state index in [0.717, 1.165) is 31.9 Å². The van der Waals surface area contributed by atoms with Crippen LogP contribution in [-0.2, 0) is 14.3 Å². The number of ether oxygens (including phenoxy) is 3. The number of carbonyl (C=O) groups excluding carboxylic acids is 1. The minimum atomic E-state index is -0.386. The van der Waals surface area contributed by atoms with Crippen molar-refractivity contribution >= 4 is 11.7 Å². The first-order valence-corrected chi connectivity index (χ1v) is 6.39. The lowest BCUT2D eigenvalue weighted by molar-refractivity contribution is -0.142. The zero-order valence-electron chi connectivity index (χ0n) is 11.1. The van der Waals surface area contributed by atoms with Gasteiger partial charge in [-0.05, 0) is 30.7 Å². The maximum atomic E-state index is 10.9. The summed E-state index contributed by atoms with van der Waals surface area (Å²) >= 11 is 0. The topological polar surface area (TPSA) is 56.8 Å². The molecule has 0 aromatic heterocycles. The van der Waals surface area contributed by atoms with Gasteiger partial charge in [-0.3, -0.25) is 0 Å². The fourth-order valence-corrected chi connectivity index (χ4v) is 1.88. The standard InChI is InChI=1S/C14H19NO4/c1-17-14(16)10-19-13-4-2-12(3-5-13)15-8-11-6-7-18-9-11/h2-5,11,15H,6-10H2,1H3. The molecule has 1 saturated heterocycles. The lowest BCUT2D eigenvalue weighted by Gasteiger charge is -2.11.